The Labute approximate surface area is 190 Å². The maximum Gasteiger partial charge on any atom is 0.293 e. The Morgan fingerprint density at radius 3 is 2.30 bits per heavy atom. The molecular formula is C25H22N2O6. The van der Waals surface area contributed by atoms with Crippen LogP contribution in [0.5, 0.6) is 17.2 Å². The minimum Gasteiger partial charge on any atom is -0.497 e. The van der Waals surface area contributed by atoms with Crippen LogP contribution < -0.4 is 24.8 Å². The van der Waals surface area contributed by atoms with E-state index in [1.807, 2.05) is 0 Å². The fraction of sp³-hybridized carbons (Fsp3) is 0.120. The van der Waals surface area contributed by atoms with E-state index in [4.69, 9.17) is 18.6 Å². The predicted molar refractivity (Wildman–Crippen MR) is 124 cm³/mol. The van der Waals surface area contributed by atoms with E-state index in [2.05, 4.69) is 10.6 Å². The molecule has 0 radical (unpaired) electrons. The zero-order valence-corrected chi connectivity index (χ0v) is 18.1. The van der Waals surface area contributed by atoms with Gasteiger partial charge in [-0.3, -0.25) is 9.59 Å². The van der Waals surface area contributed by atoms with Gasteiger partial charge in [0.25, 0.3) is 11.8 Å². The first kappa shape index (κ1) is 21.8. The number of amides is 2. The lowest BCUT2D eigenvalue weighted by molar-refractivity contribution is -0.118. The molecule has 8 nitrogen and oxygen atoms in total. The van der Waals surface area contributed by atoms with Crippen LogP contribution in [-0.2, 0) is 4.79 Å². The number of rotatable bonds is 8. The van der Waals surface area contributed by atoms with Gasteiger partial charge in [-0.2, -0.15) is 0 Å². The number of methoxy groups -OCH3 is 2. The lowest BCUT2D eigenvalue weighted by Gasteiger charge is -2.09. The first-order valence-electron chi connectivity index (χ1n) is 10.1. The molecule has 0 saturated carbocycles. The molecule has 2 amide bonds. The average molecular weight is 446 g/mol. The minimum absolute atomic E-state index is 0.0168. The molecule has 0 saturated heterocycles. The van der Waals surface area contributed by atoms with E-state index in [0.717, 1.165) is 0 Å². The van der Waals surface area contributed by atoms with Crippen molar-refractivity contribution in [2.24, 2.45) is 0 Å². The maximum atomic E-state index is 13.0. The molecule has 0 aliphatic rings. The van der Waals surface area contributed by atoms with Crippen LogP contribution in [-0.4, -0.2) is 32.6 Å². The van der Waals surface area contributed by atoms with Gasteiger partial charge in [-0.1, -0.05) is 18.2 Å². The molecule has 1 aromatic heterocycles. The summed E-state index contributed by atoms with van der Waals surface area (Å²) < 4.78 is 21.6. The lowest BCUT2D eigenvalue weighted by Crippen LogP contribution is -2.22. The first-order chi connectivity index (χ1) is 16.1. The lowest BCUT2D eigenvalue weighted by atomic mass is 10.2. The molecule has 0 bridgehead atoms. The van der Waals surface area contributed by atoms with Crippen molar-refractivity contribution in [3.63, 3.8) is 0 Å². The van der Waals surface area contributed by atoms with Crippen molar-refractivity contribution in [2.45, 2.75) is 0 Å². The highest BCUT2D eigenvalue weighted by Gasteiger charge is 2.22. The third-order valence-electron chi connectivity index (χ3n) is 4.82. The number of furan rings is 1. The van der Waals surface area contributed by atoms with Crippen LogP contribution in [0.1, 0.15) is 10.6 Å². The number of fused-ring (bicyclic) bond motifs is 1. The van der Waals surface area contributed by atoms with E-state index in [0.29, 0.717) is 33.9 Å². The molecule has 0 aliphatic carbocycles. The van der Waals surface area contributed by atoms with Crippen molar-refractivity contribution in [2.75, 3.05) is 31.5 Å². The monoisotopic (exact) mass is 446 g/mol. The fourth-order valence-corrected chi connectivity index (χ4v) is 3.21. The van der Waals surface area contributed by atoms with Crippen molar-refractivity contribution in [1.82, 2.24) is 0 Å². The van der Waals surface area contributed by atoms with E-state index < -0.39 is 11.8 Å². The highest BCUT2D eigenvalue weighted by molar-refractivity contribution is 6.14. The molecule has 0 aliphatic heterocycles. The van der Waals surface area contributed by atoms with Crippen LogP contribution in [0.3, 0.4) is 0 Å². The number of hydrogen-bond acceptors (Lipinski definition) is 6. The molecule has 0 fully saturated rings. The Morgan fingerprint density at radius 2 is 1.55 bits per heavy atom. The van der Waals surface area contributed by atoms with Gasteiger partial charge in [0, 0.05) is 17.1 Å². The molecule has 0 spiro atoms. The maximum absolute atomic E-state index is 13.0. The van der Waals surface area contributed by atoms with Crippen LogP contribution in [0.4, 0.5) is 11.4 Å². The highest BCUT2D eigenvalue weighted by atomic mass is 16.5. The van der Waals surface area contributed by atoms with E-state index in [-0.39, 0.29) is 18.1 Å². The molecule has 168 valence electrons. The van der Waals surface area contributed by atoms with E-state index >= 15 is 0 Å². The molecule has 0 unspecified atom stereocenters. The number of benzene rings is 3. The van der Waals surface area contributed by atoms with E-state index in [9.17, 15) is 9.59 Å². The predicted octanol–water partition coefficient (Wildman–Crippen LogP) is 4.72. The molecule has 1 heterocycles. The molecule has 0 atom stereocenters. The molecule has 4 aromatic rings. The summed E-state index contributed by atoms with van der Waals surface area (Å²) in [4.78, 5) is 25.6. The minimum atomic E-state index is -0.508. The summed E-state index contributed by atoms with van der Waals surface area (Å²) in [6, 6.07) is 20.9. The first-order valence-corrected chi connectivity index (χ1v) is 10.1. The second-order valence-corrected chi connectivity index (χ2v) is 7.00. The number of carbonyl (C=O) groups is 2. The van der Waals surface area contributed by atoms with Crippen LogP contribution in [0.2, 0.25) is 0 Å². The van der Waals surface area contributed by atoms with Gasteiger partial charge in [-0.15, -0.1) is 0 Å². The summed E-state index contributed by atoms with van der Waals surface area (Å²) in [6.45, 7) is -0.247. The number of nitrogens with one attached hydrogen (secondary N) is 2. The topological polar surface area (TPSA) is 99.0 Å². The third kappa shape index (κ3) is 5.07. The summed E-state index contributed by atoms with van der Waals surface area (Å²) in [6.07, 6.45) is 0. The molecule has 3 aromatic carbocycles. The smallest absolute Gasteiger partial charge is 0.293 e. The molecule has 33 heavy (non-hydrogen) atoms. The average Bonchev–Trinajstić information content (AvgIpc) is 3.21. The Kier molecular flexibility index (Phi) is 6.45. The SMILES string of the molecule is COc1ccc(OCC(=O)Nc2c(C(=O)Nc3cccc(OC)c3)oc3ccccc23)cc1. The van der Waals surface area contributed by atoms with Gasteiger partial charge >= 0.3 is 0 Å². The zero-order chi connectivity index (χ0) is 23.2. The summed E-state index contributed by atoms with van der Waals surface area (Å²) in [5.74, 6) is 0.833. The van der Waals surface area contributed by atoms with Gasteiger partial charge < -0.3 is 29.3 Å². The van der Waals surface area contributed by atoms with Gasteiger partial charge in [0.15, 0.2) is 6.61 Å². The Morgan fingerprint density at radius 1 is 0.818 bits per heavy atom. The van der Waals surface area contributed by atoms with Crippen LogP contribution >= 0.6 is 0 Å². The van der Waals surface area contributed by atoms with Crippen LogP contribution in [0.15, 0.2) is 77.2 Å². The number of carbonyl (C=O) groups excluding carboxylic acids is 2. The number of para-hydroxylation sites is 1. The summed E-state index contributed by atoms with van der Waals surface area (Å²) in [5, 5.41) is 6.12. The van der Waals surface area contributed by atoms with E-state index in [1.165, 1.54) is 0 Å². The van der Waals surface area contributed by atoms with Crippen molar-refractivity contribution >= 4 is 34.2 Å². The quantitative estimate of drug-likeness (QED) is 0.406. The number of ether oxygens (including phenoxy) is 3. The van der Waals surface area contributed by atoms with Gasteiger partial charge in [0.05, 0.1) is 14.2 Å². The van der Waals surface area contributed by atoms with Crippen molar-refractivity contribution in [3.8, 4) is 17.2 Å². The fourth-order valence-electron chi connectivity index (χ4n) is 3.21. The van der Waals surface area contributed by atoms with Crippen LogP contribution in [0.25, 0.3) is 11.0 Å². The highest BCUT2D eigenvalue weighted by Crippen LogP contribution is 2.32. The summed E-state index contributed by atoms with van der Waals surface area (Å²) in [5.41, 5.74) is 1.27. The largest absolute Gasteiger partial charge is 0.497 e. The summed E-state index contributed by atoms with van der Waals surface area (Å²) in [7, 11) is 3.11. The second kappa shape index (κ2) is 9.78. The van der Waals surface area contributed by atoms with Gasteiger partial charge in [-0.25, -0.2) is 0 Å². The molecule has 8 heteroatoms. The third-order valence-corrected chi connectivity index (χ3v) is 4.82. The van der Waals surface area contributed by atoms with Crippen molar-refractivity contribution < 1.29 is 28.2 Å². The van der Waals surface area contributed by atoms with Gasteiger partial charge in [0.2, 0.25) is 5.76 Å². The van der Waals surface area contributed by atoms with Crippen LogP contribution in [0, 0.1) is 0 Å². The summed E-state index contributed by atoms with van der Waals surface area (Å²) >= 11 is 0. The normalized spacial score (nSPS) is 10.5. The number of hydrogen-bond donors (Lipinski definition) is 2. The Hall–Kier alpha value is -4.46. The Bertz CT molecular complexity index is 1280. The Balaban J connectivity index is 1.52. The zero-order valence-electron chi connectivity index (χ0n) is 18.1. The standard InChI is InChI=1S/C25H22N2O6/c1-30-17-10-12-18(13-11-17)32-15-22(28)27-23-20-8-3-4-9-21(20)33-24(23)25(29)26-16-6-5-7-19(14-16)31-2/h3-14H,15H2,1-2H3,(H,26,29)(H,27,28). The molecular weight excluding hydrogens is 424 g/mol. The number of anilines is 2. The van der Waals surface area contributed by atoms with Gasteiger partial charge in [0.1, 0.15) is 28.5 Å². The van der Waals surface area contributed by atoms with Crippen molar-refractivity contribution in [3.05, 3.63) is 78.6 Å². The van der Waals surface area contributed by atoms with Gasteiger partial charge in [-0.05, 0) is 48.5 Å². The second-order valence-electron chi connectivity index (χ2n) is 7.00. The van der Waals surface area contributed by atoms with E-state index in [1.54, 1.807) is 87.0 Å². The molecule has 2 N–H and O–H groups in total. The molecule has 4 rings (SSSR count). The van der Waals surface area contributed by atoms with Crippen molar-refractivity contribution in [1.29, 1.82) is 0 Å².